The van der Waals surface area contributed by atoms with Crippen molar-refractivity contribution in [1.82, 2.24) is 15.5 Å². The van der Waals surface area contributed by atoms with E-state index in [2.05, 4.69) is 20.8 Å². The summed E-state index contributed by atoms with van der Waals surface area (Å²) in [5.74, 6) is 0.901. The molecule has 0 saturated heterocycles. The van der Waals surface area contributed by atoms with Gasteiger partial charge in [0.15, 0.2) is 5.82 Å². The number of amides is 2. The minimum Gasteiger partial charge on any atom is -0.336 e. The Bertz CT molecular complexity index is 719. The van der Waals surface area contributed by atoms with E-state index in [4.69, 9.17) is 10.3 Å². The largest absolute Gasteiger partial charge is 0.336 e. The number of para-hydroxylation sites is 1. The third-order valence-electron chi connectivity index (χ3n) is 4.19. The topological polar surface area (TPSA) is 106 Å². The zero-order valence-electron chi connectivity index (χ0n) is 14.0. The smallest absolute Gasteiger partial charge is 0.319 e. The molecule has 7 nitrogen and oxygen atoms in total. The maximum atomic E-state index is 12.0. The molecule has 1 heterocycles. The van der Waals surface area contributed by atoms with Gasteiger partial charge in [0.2, 0.25) is 0 Å². The van der Waals surface area contributed by atoms with Gasteiger partial charge in [-0.3, -0.25) is 0 Å². The van der Waals surface area contributed by atoms with Crippen molar-refractivity contribution in [3.63, 3.8) is 0 Å². The van der Waals surface area contributed by atoms with Gasteiger partial charge in [-0.2, -0.15) is 4.98 Å². The van der Waals surface area contributed by atoms with E-state index in [0.29, 0.717) is 23.0 Å². The quantitative estimate of drug-likeness (QED) is 0.799. The van der Waals surface area contributed by atoms with Gasteiger partial charge in [-0.1, -0.05) is 30.1 Å². The Balaban J connectivity index is 1.85. The van der Waals surface area contributed by atoms with E-state index in [1.165, 1.54) is 0 Å². The first kappa shape index (κ1) is 16.4. The molecule has 0 bridgehead atoms. The van der Waals surface area contributed by atoms with Gasteiger partial charge < -0.3 is 20.9 Å². The fraction of sp³-hybridized carbons (Fsp3) is 0.471. The summed E-state index contributed by atoms with van der Waals surface area (Å²) >= 11 is 0. The summed E-state index contributed by atoms with van der Waals surface area (Å²) in [6.07, 6.45) is 3.88. The predicted molar refractivity (Wildman–Crippen MR) is 91.4 cm³/mol. The van der Waals surface area contributed by atoms with Crippen LogP contribution >= 0.6 is 0 Å². The average Bonchev–Trinajstić information content (AvgIpc) is 3.17. The summed E-state index contributed by atoms with van der Waals surface area (Å²) in [4.78, 5) is 16.5. The number of carbonyl (C=O) groups is 1. The Kier molecular flexibility index (Phi) is 4.53. The predicted octanol–water partition coefficient (Wildman–Crippen LogP) is 2.99. The number of benzene rings is 1. The molecule has 1 saturated carbocycles. The number of hydrogen-bond acceptors (Lipinski definition) is 5. The van der Waals surface area contributed by atoms with Gasteiger partial charge in [0.25, 0.3) is 5.89 Å². The average molecular weight is 329 g/mol. The maximum Gasteiger partial charge on any atom is 0.319 e. The van der Waals surface area contributed by atoms with Crippen LogP contribution < -0.4 is 16.4 Å². The molecule has 2 aromatic rings. The minimum atomic E-state index is -0.501. The number of anilines is 1. The van der Waals surface area contributed by atoms with Crippen LogP contribution in [0.4, 0.5) is 10.5 Å². The van der Waals surface area contributed by atoms with Crippen LogP contribution in [0.15, 0.2) is 28.8 Å². The Morgan fingerprint density at radius 3 is 2.71 bits per heavy atom. The summed E-state index contributed by atoms with van der Waals surface area (Å²) in [5, 5.41) is 9.68. The molecule has 1 aliphatic rings. The summed E-state index contributed by atoms with van der Waals surface area (Å²) in [5.41, 5.74) is 7.17. The van der Waals surface area contributed by atoms with Crippen molar-refractivity contribution in [1.29, 1.82) is 0 Å². The first-order valence-electron chi connectivity index (χ1n) is 8.28. The number of nitrogens with zero attached hydrogens (tertiary/aromatic N) is 2. The molecule has 24 heavy (non-hydrogen) atoms. The van der Waals surface area contributed by atoms with Crippen molar-refractivity contribution in [2.75, 3.05) is 5.32 Å². The van der Waals surface area contributed by atoms with Gasteiger partial charge in [0.1, 0.15) is 0 Å². The van der Waals surface area contributed by atoms with Crippen molar-refractivity contribution in [2.24, 2.45) is 5.73 Å². The number of aromatic nitrogens is 2. The van der Waals surface area contributed by atoms with E-state index in [0.717, 1.165) is 25.7 Å². The molecule has 128 valence electrons. The number of nitrogens with two attached hydrogens (primary N) is 1. The van der Waals surface area contributed by atoms with Crippen LogP contribution in [0.2, 0.25) is 0 Å². The summed E-state index contributed by atoms with van der Waals surface area (Å²) < 4.78 is 5.42. The SMILES string of the molecule is CC(C)NC(=O)Nc1ccccc1-c1nc(C2(N)CCCC2)no1. The zero-order valence-corrected chi connectivity index (χ0v) is 14.0. The van der Waals surface area contributed by atoms with Gasteiger partial charge in [-0.05, 0) is 38.8 Å². The molecule has 0 spiro atoms. The molecule has 1 aliphatic carbocycles. The van der Waals surface area contributed by atoms with Crippen molar-refractivity contribution in [3.05, 3.63) is 30.1 Å². The maximum absolute atomic E-state index is 12.0. The molecule has 3 rings (SSSR count). The number of rotatable bonds is 4. The number of carbonyl (C=O) groups excluding carboxylic acids is 1. The van der Waals surface area contributed by atoms with Crippen molar-refractivity contribution in [3.8, 4) is 11.5 Å². The van der Waals surface area contributed by atoms with E-state index in [1.807, 2.05) is 32.0 Å². The second-order valence-corrected chi connectivity index (χ2v) is 6.59. The molecule has 7 heteroatoms. The number of urea groups is 1. The Morgan fingerprint density at radius 2 is 2.00 bits per heavy atom. The molecule has 0 unspecified atom stereocenters. The van der Waals surface area contributed by atoms with Crippen LogP contribution in [0.1, 0.15) is 45.4 Å². The van der Waals surface area contributed by atoms with Gasteiger partial charge in [0, 0.05) is 6.04 Å². The minimum absolute atomic E-state index is 0.0478. The van der Waals surface area contributed by atoms with E-state index in [9.17, 15) is 4.79 Å². The molecule has 0 aliphatic heterocycles. The molecule has 0 radical (unpaired) electrons. The standard InChI is InChI=1S/C17H23N5O2/c1-11(2)19-16(23)20-13-8-4-3-7-12(13)14-21-15(22-24-14)17(18)9-5-6-10-17/h3-4,7-8,11H,5-6,9-10,18H2,1-2H3,(H2,19,20,23). The summed E-state index contributed by atoms with van der Waals surface area (Å²) in [6.45, 7) is 3.80. The molecule has 1 fully saturated rings. The highest BCUT2D eigenvalue weighted by atomic mass is 16.5. The Hall–Kier alpha value is -2.41. The second-order valence-electron chi connectivity index (χ2n) is 6.59. The first-order valence-corrected chi connectivity index (χ1v) is 8.28. The van der Waals surface area contributed by atoms with E-state index < -0.39 is 5.54 Å². The van der Waals surface area contributed by atoms with Crippen LogP contribution in [0.25, 0.3) is 11.5 Å². The van der Waals surface area contributed by atoms with Crippen molar-refractivity contribution in [2.45, 2.75) is 51.1 Å². The summed E-state index contributed by atoms with van der Waals surface area (Å²) in [6, 6.07) is 7.11. The molecule has 2 amide bonds. The fourth-order valence-corrected chi connectivity index (χ4v) is 2.96. The highest BCUT2D eigenvalue weighted by molar-refractivity contribution is 5.93. The van der Waals surface area contributed by atoms with Crippen molar-refractivity contribution >= 4 is 11.7 Å². The highest BCUT2D eigenvalue weighted by Gasteiger charge is 2.36. The Labute approximate surface area is 141 Å². The lowest BCUT2D eigenvalue weighted by Gasteiger charge is -2.17. The van der Waals surface area contributed by atoms with Crippen LogP contribution in [0.5, 0.6) is 0 Å². The van der Waals surface area contributed by atoms with Gasteiger partial charge in [0.05, 0.1) is 16.8 Å². The summed E-state index contributed by atoms with van der Waals surface area (Å²) in [7, 11) is 0. The third kappa shape index (κ3) is 3.41. The van der Waals surface area contributed by atoms with Crippen LogP contribution in [0.3, 0.4) is 0 Å². The van der Waals surface area contributed by atoms with Crippen LogP contribution in [-0.2, 0) is 5.54 Å². The van der Waals surface area contributed by atoms with E-state index >= 15 is 0 Å². The fourth-order valence-electron chi connectivity index (χ4n) is 2.96. The molecular formula is C17H23N5O2. The highest BCUT2D eigenvalue weighted by Crippen LogP contribution is 2.36. The van der Waals surface area contributed by atoms with E-state index in [-0.39, 0.29) is 12.1 Å². The monoisotopic (exact) mass is 329 g/mol. The molecular weight excluding hydrogens is 306 g/mol. The third-order valence-corrected chi connectivity index (χ3v) is 4.19. The first-order chi connectivity index (χ1) is 11.5. The lowest BCUT2D eigenvalue weighted by molar-refractivity contribution is 0.250. The molecule has 1 aromatic heterocycles. The van der Waals surface area contributed by atoms with Gasteiger partial charge in [-0.15, -0.1) is 0 Å². The zero-order chi connectivity index (χ0) is 17.2. The van der Waals surface area contributed by atoms with E-state index in [1.54, 1.807) is 6.07 Å². The molecule has 0 atom stereocenters. The number of nitrogens with one attached hydrogen (secondary N) is 2. The van der Waals surface area contributed by atoms with Crippen LogP contribution in [0, 0.1) is 0 Å². The number of hydrogen-bond donors (Lipinski definition) is 3. The van der Waals surface area contributed by atoms with Crippen LogP contribution in [-0.4, -0.2) is 22.2 Å². The van der Waals surface area contributed by atoms with Crippen molar-refractivity contribution < 1.29 is 9.32 Å². The molecule has 4 N–H and O–H groups in total. The lowest BCUT2D eigenvalue weighted by Crippen LogP contribution is -2.34. The normalized spacial score (nSPS) is 16.3. The van der Waals surface area contributed by atoms with Gasteiger partial charge in [-0.25, -0.2) is 4.79 Å². The van der Waals surface area contributed by atoms with Gasteiger partial charge >= 0.3 is 6.03 Å². The second kappa shape index (κ2) is 6.60. The Morgan fingerprint density at radius 1 is 1.29 bits per heavy atom. The lowest BCUT2D eigenvalue weighted by atomic mass is 9.98. The molecule has 1 aromatic carbocycles.